The van der Waals surface area contributed by atoms with E-state index >= 15 is 0 Å². The lowest BCUT2D eigenvalue weighted by molar-refractivity contribution is -0.119. The largest absolute Gasteiger partial charge is 0.352 e. The summed E-state index contributed by atoms with van der Waals surface area (Å²) in [7, 11) is 1.78. The monoisotopic (exact) mass is 339 g/mol. The molecule has 2 rings (SSSR count). The smallest absolute Gasteiger partial charge is 0.322 e. The first-order valence-corrected chi connectivity index (χ1v) is 8.30. The van der Waals surface area contributed by atoms with Gasteiger partial charge in [0.15, 0.2) is 0 Å². The summed E-state index contributed by atoms with van der Waals surface area (Å²) in [6.45, 7) is 6.01. The fourth-order valence-corrected chi connectivity index (χ4v) is 2.39. The van der Waals surface area contributed by atoms with Gasteiger partial charge < -0.3 is 15.5 Å². The summed E-state index contributed by atoms with van der Waals surface area (Å²) in [6, 6.07) is 15.4. The molecule has 0 aliphatic rings. The van der Waals surface area contributed by atoms with E-state index in [2.05, 4.69) is 10.6 Å². The molecule has 0 aliphatic carbocycles. The highest BCUT2D eigenvalue weighted by Crippen LogP contribution is 2.20. The first-order valence-electron chi connectivity index (χ1n) is 8.30. The zero-order chi connectivity index (χ0) is 18.4. The van der Waals surface area contributed by atoms with Crippen LogP contribution in [0.1, 0.15) is 36.6 Å². The first-order chi connectivity index (χ1) is 11.9. The first kappa shape index (κ1) is 18.5. The number of nitrogens with one attached hydrogen (secondary N) is 2. The number of urea groups is 1. The van der Waals surface area contributed by atoms with Crippen molar-refractivity contribution in [2.24, 2.45) is 0 Å². The van der Waals surface area contributed by atoms with E-state index in [4.69, 9.17) is 0 Å². The van der Waals surface area contributed by atoms with Crippen LogP contribution < -0.4 is 10.6 Å². The van der Waals surface area contributed by atoms with Crippen LogP contribution in [0.2, 0.25) is 0 Å². The number of carbonyl (C=O) groups is 2. The lowest BCUT2D eigenvalue weighted by Crippen LogP contribution is -2.33. The summed E-state index contributed by atoms with van der Waals surface area (Å²) in [5, 5.41) is 5.64. The third kappa shape index (κ3) is 5.35. The molecule has 0 saturated carbocycles. The summed E-state index contributed by atoms with van der Waals surface area (Å²) in [6.07, 6.45) is 0. The second-order valence-corrected chi connectivity index (χ2v) is 6.23. The fourth-order valence-electron chi connectivity index (χ4n) is 2.39. The second-order valence-electron chi connectivity index (χ2n) is 6.23. The molecule has 0 bridgehead atoms. The highest BCUT2D eigenvalue weighted by atomic mass is 16.2. The van der Waals surface area contributed by atoms with Gasteiger partial charge >= 0.3 is 6.03 Å². The van der Waals surface area contributed by atoms with E-state index in [1.807, 2.05) is 62.4 Å². The third-order valence-electron chi connectivity index (χ3n) is 4.21. The Kier molecular flexibility index (Phi) is 6.17. The Morgan fingerprint density at radius 2 is 1.64 bits per heavy atom. The SMILES string of the molecule is CC(=O)NCc1ccc(NC(=O)N(C)[C@H](C)c2ccc(C)cc2)cc1. The molecule has 0 unspecified atom stereocenters. The van der Waals surface area contributed by atoms with Crippen LogP contribution in [-0.4, -0.2) is 23.9 Å². The van der Waals surface area contributed by atoms with Crippen molar-refractivity contribution in [3.8, 4) is 0 Å². The van der Waals surface area contributed by atoms with Crippen molar-refractivity contribution in [3.05, 3.63) is 65.2 Å². The van der Waals surface area contributed by atoms with Gasteiger partial charge in [0.25, 0.3) is 0 Å². The number of rotatable bonds is 5. The second kappa shape index (κ2) is 8.33. The van der Waals surface area contributed by atoms with Crippen LogP contribution in [0.5, 0.6) is 0 Å². The maximum Gasteiger partial charge on any atom is 0.322 e. The van der Waals surface area contributed by atoms with Gasteiger partial charge in [0, 0.05) is 26.2 Å². The molecule has 0 radical (unpaired) electrons. The maximum atomic E-state index is 12.5. The zero-order valence-corrected chi connectivity index (χ0v) is 15.2. The summed E-state index contributed by atoms with van der Waals surface area (Å²) in [4.78, 5) is 25.1. The van der Waals surface area contributed by atoms with Crippen LogP contribution in [0, 0.1) is 6.92 Å². The molecule has 2 N–H and O–H groups in total. The van der Waals surface area contributed by atoms with Crippen molar-refractivity contribution in [2.75, 3.05) is 12.4 Å². The quantitative estimate of drug-likeness (QED) is 0.869. The van der Waals surface area contributed by atoms with Crippen molar-refractivity contribution in [3.63, 3.8) is 0 Å². The van der Waals surface area contributed by atoms with Crippen LogP contribution in [0.25, 0.3) is 0 Å². The number of benzene rings is 2. The van der Waals surface area contributed by atoms with Gasteiger partial charge in [0.05, 0.1) is 6.04 Å². The molecule has 0 fully saturated rings. The third-order valence-corrected chi connectivity index (χ3v) is 4.21. The lowest BCUT2D eigenvalue weighted by atomic mass is 10.1. The average Bonchev–Trinajstić information content (AvgIpc) is 2.60. The van der Waals surface area contributed by atoms with Crippen molar-refractivity contribution in [1.29, 1.82) is 0 Å². The average molecular weight is 339 g/mol. The minimum Gasteiger partial charge on any atom is -0.352 e. The van der Waals surface area contributed by atoms with Crippen molar-refractivity contribution in [2.45, 2.75) is 33.4 Å². The normalized spacial score (nSPS) is 11.5. The van der Waals surface area contributed by atoms with Crippen molar-refractivity contribution >= 4 is 17.6 Å². The van der Waals surface area contributed by atoms with Crippen LogP contribution in [-0.2, 0) is 11.3 Å². The van der Waals surface area contributed by atoms with Crippen LogP contribution in [0.3, 0.4) is 0 Å². The highest BCUT2D eigenvalue weighted by Gasteiger charge is 2.17. The Hall–Kier alpha value is -2.82. The number of hydrogen-bond donors (Lipinski definition) is 2. The van der Waals surface area contributed by atoms with Gasteiger partial charge in [-0.15, -0.1) is 0 Å². The van der Waals surface area contributed by atoms with Crippen LogP contribution in [0.4, 0.5) is 10.5 Å². The van der Waals surface area contributed by atoms with Crippen LogP contribution in [0.15, 0.2) is 48.5 Å². The molecule has 2 aromatic rings. The van der Waals surface area contributed by atoms with E-state index in [0.29, 0.717) is 6.54 Å². The van der Waals surface area contributed by atoms with E-state index in [-0.39, 0.29) is 18.0 Å². The Morgan fingerprint density at radius 3 is 2.20 bits per heavy atom. The van der Waals surface area contributed by atoms with Gasteiger partial charge in [-0.2, -0.15) is 0 Å². The van der Waals surface area contributed by atoms with E-state index < -0.39 is 0 Å². The lowest BCUT2D eigenvalue weighted by Gasteiger charge is -2.25. The number of carbonyl (C=O) groups excluding carboxylic acids is 2. The summed E-state index contributed by atoms with van der Waals surface area (Å²) >= 11 is 0. The summed E-state index contributed by atoms with van der Waals surface area (Å²) in [5.41, 5.74) is 3.99. The van der Waals surface area contributed by atoms with Gasteiger partial charge in [-0.1, -0.05) is 42.0 Å². The van der Waals surface area contributed by atoms with Gasteiger partial charge in [-0.05, 0) is 37.1 Å². The molecule has 0 spiro atoms. The van der Waals surface area contributed by atoms with Gasteiger partial charge in [0.1, 0.15) is 0 Å². The Balaban J connectivity index is 1.96. The summed E-state index contributed by atoms with van der Waals surface area (Å²) in [5.74, 6) is -0.0657. The number of nitrogens with zero attached hydrogens (tertiary/aromatic N) is 1. The molecule has 132 valence electrons. The van der Waals surface area contributed by atoms with Gasteiger partial charge in [-0.3, -0.25) is 4.79 Å². The summed E-state index contributed by atoms with van der Waals surface area (Å²) < 4.78 is 0. The topological polar surface area (TPSA) is 61.4 Å². The Bertz CT molecular complexity index is 724. The minimum absolute atomic E-state index is 0.0281. The molecule has 2 aromatic carbocycles. The van der Waals surface area contributed by atoms with Crippen LogP contribution >= 0.6 is 0 Å². The van der Waals surface area contributed by atoms with Crippen molar-refractivity contribution < 1.29 is 9.59 Å². The number of aryl methyl sites for hydroxylation is 1. The van der Waals surface area contributed by atoms with Gasteiger partial charge in [-0.25, -0.2) is 4.79 Å². The van der Waals surface area contributed by atoms with Crippen molar-refractivity contribution in [1.82, 2.24) is 10.2 Å². The molecule has 25 heavy (non-hydrogen) atoms. The van der Waals surface area contributed by atoms with E-state index in [1.165, 1.54) is 12.5 Å². The standard InChI is InChI=1S/C20H25N3O2/c1-14-5-9-18(10-6-14)15(2)23(4)20(25)22-19-11-7-17(8-12-19)13-21-16(3)24/h5-12,15H,13H2,1-4H3,(H,21,24)(H,22,25)/t15-/m1/s1. The fraction of sp³-hybridized carbons (Fsp3) is 0.300. The molecule has 3 amide bonds. The van der Waals surface area contributed by atoms with E-state index in [0.717, 1.165) is 16.8 Å². The van der Waals surface area contributed by atoms with E-state index in [1.54, 1.807) is 11.9 Å². The Labute approximate surface area is 149 Å². The van der Waals surface area contributed by atoms with Gasteiger partial charge in [0.2, 0.25) is 5.91 Å². The molecular weight excluding hydrogens is 314 g/mol. The minimum atomic E-state index is -0.164. The number of amides is 3. The molecule has 0 aromatic heterocycles. The molecule has 0 heterocycles. The molecule has 0 aliphatic heterocycles. The molecule has 0 saturated heterocycles. The molecule has 5 heteroatoms. The molecule has 1 atom stereocenters. The van der Waals surface area contributed by atoms with E-state index in [9.17, 15) is 9.59 Å². The predicted molar refractivity (Wildman–Crippen MR) is 100 cm³/mol. The number of anilines is 1. The number of hydrogen-bond acceptors (Lipinski definition) is 2. The maximum absolute atomic E-state index is 12.5. The predicted octanol–water partition coefficient (Wildman–Crippen LogP) is 3.86. The highest BCUT2D eigenvalue weighted by molar-refractivity contribution is 5.89. The molecular formula is C20H25N3O2. The zero-order valence-electron chi connectivity index (χ0n) is 15.2. The molecule has 5 nitrogen and oxygen atoms in total. The Morgan fingerprint density at radius 1 is 1.04 bits per heavy atom.